The van der Waals surface area contributed by atoms with E-state index in [4.69, 9.17) is 0 Å². The lowest BCUT2D eigenvalue weighted by Crippen LogP contribution is -2.44. The predicted molar refractivity (Wildman–Crippen MR) is 79.4 cm³/mol. The second-order valence-corrected chi connectivity index (χ2v) is 6.52. The molecule has 1 aromatic heterocycles. The highest BCUT2D eigenvalue weighted by atomic mass is 16.2. The third kappa shape index (κ3) is 3.60. The molecule has 0 atom stereocenters. The van der Waals surface area contributed by atoms with Crippen LogP contribution in [-0.2, 0) is 18.3 Å². The lowest BCUT2D eigenvalue weighted by Gasteiger charge is -2.34. The molecule has 1 aliphatic heterocycles. The topological polar surface area (TPSA) is 41.4 Å². The Balaban J connectivity index is 1.93. The van der Waals surface area contributed by atoms with Crippen molar-refractivity contribution in [3.63, 3.8) is 0 Å². The van der Waals surface area contributed by atoms with Crippen molar-refractivity contribution in [3.05, 3.63) is 18.2 Å². The van der Waals surface area contributed by atoms with Gasteiger partial charge in [-0.2, -0.15) is 0 Å². The summed E-state index contributed by atoms with van der Waals surface area (Å²) >= 11 is 0. The molecule has 1 aliphatic rings. The fourth-order valence-corrected chi connectivity index (χ4v) is 2.65. The highest BCUT2D eigenvalue weighted by molar-refractivity contribution is 5.78. The summed E-state index contributed by atoms with van der Waals surface area (Å²) in [6.07, 6.45) is 5.07. The Morgan fingerprint density at radius 1 is 1.25 bits per heavy atom. The van der Waals surface area contributed by atoms with E-state index in [1.807, 2.05) is 22.7 Å². The number of imidazole rings is 1. The van der Waals surface area contributed by atoms with Crippen LogP contribution in [0.1, 0.15) is 33.0 Å². The minimum Gasteiger partial charge on any atom is -0.341 e. The van der Waals surface area contributed by atoms with Gasteiger partial charge in [-0.05, 0) is 27.2 Å². The van der Waals surface area contributed by atoms with Crippen molar-refractivity contribution in [2.75, 3.05) is 26.2 Å². The summed E-state index contributed by atoms with van der Waals surface area (Å²) in [5.41, 5.74) is 0.179. The molecule has 5 nitrogen and oxygen atoms in total. The standard InChI is InChI=1S/C15H26N4O/c1-15(2,3)19-8-5-7-18(10-11-19)14(20)12-13-16-6-9-17(13)4/h6,9H,5,7-8,10-12H2,1-4H3. The smallest absolute Gasteiger partial charge is 0.230 e. The van der Waals surface area contributed by atoms with E-state index in [2.05, 4.69) is 30.7 Å². The van der Waals surface area contributed by atoms with Crippen molar-refractivity contribution in [1.82, 2.24) is 19.4 Å². The average molecular weight is 278 g/mol. The second kappa shape index (κ2) is 5.95. The molecule has 1 amide bonds. The summed E-state index contributed by atoms with van der Waals surface area (Å²) in [6.45, 7) is 10.4. The summed E-state index contributed by atoms with van der Waals surface area (Å²) < 4.78 is 1.91. The van der Waals surface area contributed by atoms with Crippen molar-refractivity contribution in [2.45, 2.75) is 39.2 Å². The number of carbonyl (C=O) groups excluding carboxylic acids is 1. The molecule has 2 heterocycles. The van der Waals surface area contributed by atoms with Gasteiger partial charge in [0, 0.05) is 51.2 Å². The molecule has 0 aromatic carbocycles. The molecule has 1 fully saturated rings. The van der Waals surface area contributed by atoms with Crippen LogP contribution < -0.4 is 0 Å². The number of nitrogens with zero attached hydrogens (tertiary/aromatic N) is 4. The minimum absolute atomic E-state index is 0.179. The molecule has 0 spiro atoms. The summed E-state index contributed by atoms with van der Waals surface area (Å²) in [6, 6.07) is 0. The number of rotatable bonds is 2. The third-order valence-corrected chi connectivity index (χ3v) is 4.03. The van der Waals surface area contributed by atoms with Crippen LogP contribution in [0.15, 0.2) is 12.4 Å². The van der Waals surface area contributed by atoms with Crippen molar-refractivity contribution in [2.24, 2.45) is 7.05 Å². The van der Waals surface area contributed by atoms with Crippen LogP contribution in [0.3, 0.4) is 0 Å². The summed E-state index contributed by atoms with van der Waals surface area (Å²) in [4.78, 5) is 21.1. The Labute approximate surface area is 121 Å². The van der Waals surface area contributed by atoms with Gasteiger partial charge in [-0.3, -0.25) is 9.69 Å². The van der Waals surface area contributed by atoms with E-state index in [-0.39, 0.29) is 11.4 Å². The lowest BCUT2D eigenvalue weighted by molar-refractivity contribution is -0.130. The van der Waals surface area contributed by atoms with Gasteiger partial charge in [0.25, 0.3) is 0 Å². The highest BCUT2D eigenvalue weighted by Crippen LogP contribution is 2.16. The maximum atomic E-state index is 12.4. The number of aryl methyl sites for hydroxylation is 1. The maximum absolute atomic E-state index is 12.4. The van der Waals surface area contributed by atoms with Gasteiger partial charge in [0.15, 0.2) is 0 Å². The normalized spacial score (nSPS) is 18.1. The monoisotopic (exact) mass is 278 g/mol. The van der Waals surface area contributed by atoms with Gasteiger partial charge >= 0.3 is 0 Å². The van der Waals surface area contributed by atoms with Gasteiger partial charge in [-0.25, -0.2) is 4.98 Å². The van der Waals surface area contributed by atoms with E-state index >= 15 is 0 Å². The molecule has 0 N–H and O–H groups in total. The first-order valence-electron chi connectivity index (χ1n) is 7.37. The molecule has 1 aromatic rings. The fraction of sp³-hybridized carbons (Fsp3) is 0.733. The van der Waals surface area contributed by atoms with Crippen molar-refractivity contribution in [1.29, 1.82) is 0 Å². The molecule has 20 heavy (non-hydrogen) atoms. The number of hydrogen-bond donors (Lipinski definition) is 0. The van der Waals surface area contributed by atoms with Gasteiger partial charge in [0.2, 0.25) is 5.91 Å². The van der Waals surface area contributed by atoms with Crippen LogP contribution in [0.25, 0.3) is 0 Å². The zero-order valence-corrected chi connectivity index (χ0v) is 13.1. The van der Waals surface area contributed by atoms with E-state index in [9.17, 15) is 4.79 Å². The molecular weight excluding hydrogens is 252 g/mol. The van der Waals surface area contributed by atoms with Gasteiger partial charge in [0.05, 0.1) is 6.42 Å². The maximum Gasteiger partial charge on any atom is 0.230 e. The minimum atomic E-state index is 0.179. The predicted octanol–water partition coefficient (Wildman–Crippen LogP) is 1.30. The largest absolute Gasteiger partial charge is 0.341 e. The second-order valence-electron chi connectivity index (χ2n) is 6.52. The van der Waals surface area contributed by atoms with E-state index in [0.29, 0.717) is 6.42 Å². The van der Waals surface area contributed by atoms with E-state index in [1.165, 1.54) is 0 Å². The highest BCUT2D eigenvalue weighted by Gasteiger charge is 2.26. The van der Waals surface area contributed by atoms with Crippen LogP contribution in [0, 0.1) is 0 Å². The number of carbonyl (C=O) groups is 1. The molecule has 0 saturated carbocycles. The number of aromatic nitrogens is 2. The number of amides is 1. The molecular formula is C15H26N4O. The van der Waals surface area contributed by atoms with Gasteiger partial charge < -0.3 is 9.47 Å². The van der Waals surface area contributed by atoms with Gasteiger partial charge in [-0.1, -0.05) is 0 Å². The number of hydrogen-bond acceptors (Lipinski definition) is 3. The first kappa shape index (κ1) is 15.0. The van der Waals surface area contributed by atoms with Crippen LogP contribution in [0.2, 0.25) is 0 Å². The molecule has 0 radical (unpaired) electrons. The Bertz CT molecular complexity index is 461. The van der Waals surface area contributed by atoms with Crippen molar-refractivity contribution < 1.29 is 4.79 Å². The van der Waals surface area contributed by atoms with Crippen LogP contribution in [0.5, 0.6) is 0 Å². The molecule has 0 aliphatic carbocycles. The zero-order valence-electron chi connectivity index (χ0n) is 13.1. The van der Waals surface area contributed by atoms with E-state index in [1.54, 1.807) is 6.20 Å². The van der Waals surface area contributed by atoms with Crippen molar-refractivity contribution in [3.8, 4) is 0 Å². The first-order chi connectivity index (χ1) is 9.38. The molecule has 5 heteroatoms. The lowest BCUT2D eigenvalue weighted by atomic mass is 10.1. The van der Waals surface area contributed by atoms with Crippen LogP contribution >= 0.6 is 0 Å². The Morgan fingerprint density at radius 3 is 2.60 bits per heavy atom. The quantitative estimate of drug-likeness (QED) is 0.819. The SMILES string of the molecule is Cn1ccnc1CC(=O)N1CCCN(C(C)(C)C)CC1. The molecule has 1 saturated heterocycles. The van der Waals surface area contributed by atoms with Crippen LogP contribution in [0.4, 0.5) is 0 Å². The molecule has 0 bridgehead atoms. The summed E-state index contributed by atoms with van der Waals surface area (Å²) in [5.74, 6) is 1.03. The molecule has 112 valence electrons. The average Bonchev–Trinajstić information content (AvgIpc) is 2.65. The van der Waals surface area contributed by atoms with Gasteiger partial charge in [-0.15, -0.1) is 0 Å². The summed E-state index contributed by atoms with van der Waals surface area (Å²) in [7, 11) is 1.93. The van der Waals surface area contributed by atoms with Crippen molar-refractivity contribution >= 4 is 5.91 Å². The Morgan fingerprint density at radius 2 is 2.00 bits per heavy atom. The van der Waals surface area contributed by atoms with E-state index < -0.39 is 0 Å². The Hall–Kier alpha value is -1.36. The molecule has 0 unspecified atom stereocenters. The molecule has 2 rings (SSSR count). The van der Waals surface area contributed by atoms with E-state index in [0.717, 1.165) is 38.4 Å². The zero-order chi connectivity index (χ0) is 14.8. The third-order valence-electron chi connectivity index (χ3n) is 4.03. The summed E-state index contributed by atoms with van der Waals surface area (Å²) in [5, 5.41) is 0. The van der Waals surface area contributed by atoms with Gasteiger partial charge in [0.1, 0.15) is 5.82 Å². The fourth-order valence-electron chi connectivity index (χ4n) is 2.65. The first-order valence-corrected chi connectivity index (χ1v) is 7.37. The van der Waals surface area contributed by atoms with Crippen LogP contribution in [-0.4, -0.2) is 57.0 Å². The Kier molecular flexibility index (Phi) is 4.48.